The largest absolute Gasteiger partial charge is 0.330 e. The number of fused-ring (bicyclic) bond motifs is 1. The van der Waals surface area contributed by atoms with Crippen LogP contribution in [0.15, 0.2) is 22.7 Å². The number of hydrogen-bond acceptors (Lipinski definition) is 3. The van der Waals surface area contributed by atoms with Gasteiger partial charge < -0.3 is 10.6 Å². The minimum Gasteiger partial charge on any atom is -0.330 e. The summed E-state index contributed by atoms with van der Waals surface area (Å²) in [6.45, 7) is 2.92. The van der Waals surface area contributed by atoms with E-state index < -0.39 is 11.7 Å². The Bertz CT molecular complexity index is 487. The molecule has 4 nitrogen and oxygen atoms in total. The zero-order chi connectivity index (χ0) is 12.6. The molecule has 0 aliphatic carbocycles. The molecule has 1 aliphatic heterocycles. The molecule has 0 saturated heterocycles. The Hall–Kier alpha value is -1.20. The third kappa shape index (κ3) is 2.12. The summed E-state index contributed by atoms with van der Waals surface area (Å²) in [6, 6.07) is 5.29. The summed E-state index contributed by atoms with van der Waals surface area (Å²) < 4.78 is 0.797. The van der Waals surface area contributed by atoms with Gasteiger partial charge in [0.1, 0.15) is 0 Å². The van der Waals surface area contributed by atoms with Crippen molar-refractivity contribution < 1.29 is 9.59 Å². The van der Waals surface area contributed by atoms with Crippen molar-refractivity contribution in [2.75, 3.05) is 18.0 Å². The van der Waals surface area contributed by atoms with Crippen molar-refractivity contribution in [2.45, 2.75) is 6.92 Å². The van der Waals surface area contributed by atoms with Crippen molar-refractivity contribution in [3.8, 4) is 0 Å². The first-order valence-electron chi connectivity index (χ1n) is 5.40. The van der Waals surface area contributed by atoms with E-state index in [2.05, 4.69) is 15.9 Å². The number of nitrogens with two attached hydrogens (primary N) is 1. The van der Waals surface area contributed by atoms with Gasteiger partial charge in [0, 0.05) is 11.0 Å². The van der Waals surface area contributed by atoms with E-state index in [4.69, 9.17) is 5.73 Å². The first kappa shape index (κ1) is 12.3. The van der Waals surface area contributed by atoms with E-state index in [1.54, 1.807) is 12.1 Å². The summed E-state index contributed by atoms with van der Waals surface area (Å²) in [6.07, 6.45) is 0. The summed E-state index contributed by atoms with van der Waals surface area (Å²) in [5.41, 5.74) is 6.69. The van der Waals surface area contributed by atoms with Crippen LogP contribution in [0.4, 0.5) is 5.69 Å². The molecule has 0 fully saturated rings. The van der Waals surface area contributed by atoms with E-state index in [0.29, 0.717) is 24.3 Å². The molecule has 0 saturated carbocycles. The highest BCUT2D eigenvalue weighted by Gasteiger charge is 2.36. The van der Waals surface area contributed by atoms with Crippen molar-refractivity contribution in [1.29, 1.82) is 0 Å². The van der Waals surface area contributed by atoms with E-state index in [9.17, 15) is 9.59 Å². The van der Waals surface area contributed by atoms with Crippen LogP contribution >= 0.6 is 15.9 Å². The molecule has 1 atom stereocenters. The van der Waals surface area contributed by atoms with Crippen LogP contribution < -0.4 is 10.6 Å². The lowest BCUT2D eigenvalue weighted by molar-refractivity contribution is -0.114. The maximum atomic E-state index is 11.8. The highest BCUT2D eigenvalue weighted by atomic mass is 79.9. The second-order valence-electron chi connectivity index (χ2n) is 4.25. The molecule has 0 aromatic heterocycles. The minimum atomic E-state index is -0.460. The molecule has 0 radical (unpaired) electrons. The number of carbonyl (C=O) groups is 2. The first-order chi connectivity index (χ1) is 8.04. The molecule has 0 bridgehead atoms. The summed E-state index contributed by atoms with van der Waals surface area (Å²) in [5.74, 6) is -0.731. The molecule has 2 rings (SSSR count). The topological polar surface area (TPSA) is 63.4 Å². The number of rotatable bonds is 3. The van der Waals surface area contributed by atoms with Crippen LogP contribution in [0.1, 0.15) is 17.3 Å². The lowest BCUT2D eigenvalue weighted by Crippen LogP contribution is -2.35. The lowest BCUT2D eigenvalue weighted by atomic mass is 10.1. The zero-order valence-electron chi connectivity index (χ0n) is 9.44. The fraction of sp³-hybridized carbons (Fsp3) is 0.333. The molecule has 17 heavy (non-hydrogen) atoms. The molecule has 1 aromatic carbocycles. The molecule has 1 heterocycles. The zero-order valence-corrected chi connectivity index (χ0v) is 11.0. The normalized spacial score (nSPS) is 16.3. The van der Waals surface area contributed by atoms with Gasteiger partial charge in [0.2, 0.25) is 0 Å². The fourth-order valence-electron chi connectivity index (χ4n) is 1.84. The van der Waals surface area contributed by atoms with Gasteiger partial charge in [-0.15, -0.1) is 0 Å². The quantitative estimate of drug-likeness (QED) is 0.861. The Morgan fingerprint density at radius 2 is 2.12 bits per heavy atom. The minimum absolute atomic E-state index is 0.168. The number of Topliss-reactive ketones (excluding diaryl/α,β-unsaturated/α-hetero) is 1. The second-order valence-corrected chi connectivity index (χ2v) is 5.16. The molecule has 90 valence electrons. The van der Waals surface area contributed by atoms with Gasteiger partial charge in [0.05, 0.1) is 11.3 Å². The van der Waals surface area contributed by atoms with E-state index >= 15 is 0 Å². The second kappa shape index (κ2) is 4.58. The Labute approximate surface area is 108 Å². The highest BCUT2D eigenvalue weighted by molar-refractivity contribution is 9.10. The lowest BCUT2D eigenvalue weighted by Gasteiger charge is -2.20. The first-order valence-corrected chi connectivity index (χ1v) is 6.19. The molecule has 2 N–H and O–H groups in total. The highest BCUT2D eigenvalue weighted by Crippen LogP contribution is 2.31. The Balaban J connectivity index is 2.38. The molecular weight excluding hydrogens is 284 g/mol. The molecule has 1 aliphatic rings. The van der Waals surface area contributed by atoms with Crippen molar-refractivity contribution in [3.05, 3.63) is 28.2 Å². The summed E-state index contributed by atoms with van der Waals surface area (Å²) in [7, 11) is 0. The monoisotopic (exact) mass is 296 g/mol. The van der Waals surface area contributed by atoms with E-state index in [1.165, 1.54) is 4.90 Å². The maximum absolute atomic E-state index is 11.8. The summed E-state index contributed by atoms with van der Waals surface area (Å²) in [5, 5.41) is 0. The predicted octanol–water partition coefficient (Wildman–Crippen LogP) is 1.57. The van der Waals surface area contributed by atoms with Crippen LogP contribution in [-0.4, -0.2) is 24.8 Å². The number of anilines is 1. The number of nitrogens with zero attached hydrogens (tertiary/aromatic N) is 1. The van der Waals surface area contributed by atoms with Crippen molar-refractivity contribution in [2.24, 2.45) is 11.7 Å². The Morgan fingerprint density at radius 3 is 2.76 bits per heavy atom. The van der Waals surface area contributed by atoms with Crippen LogP contribution in [0.3, 0.4) is 0 Å². The number of halogens is 1. The van der Waals surface area contributed by atoms with Gasteiger partial charge in [-0.1, -0.05) is 22.9 Å². The van der Waals surface area contributed by atoms with Crippen LogP contribution in [0.2, 0.25) is 0 Å². The smallest absolute Gasteiger partial charge is 0.299 e. The average molecular weight is 297 g/mol. The fourth-order valence-corrected chi connectivity index (χ4v) is 2.20. The van der Waals surface area contributed by atoms with Crippen molar-refractivity contribution in [3.63, 3.8) is 0 Å². The number of hydrogen-bond donors (Lipinski definition) is 1. The summed E-state index contributed by atoms with van der Waals surface area (Å²) in [4.78, 5) is 25.1. The molecule has 1 aromatic rings. The van der Waals surface area contributed by atoms with Crippen LogP contribution in [0.25, 0.3) is 0 Å². The predicted molar refractivity (Wildman–Crippen MR) is 69.0 cm³/mol. The van der Waals surface area contributed by atoms with Gasteiger partial charge in [-0.2, -0.15) is 0 Å². The molecule has 1 unspecified atom stereocenters. The Morgan fingerprint density at radius 1 is 1.41 bits per heavy atom. The van der Waals surface area contributed by atoms with Gasteiger partial charge >= 0.3 is 0 Å². The van der Waals surface area contributed by atoms with Crippen molar-refractivity contribution >= 4 is 33.3 Å². The molecule has 5 heteroatoms. The molecular formula is C12H13BrN2O2. The average Bonchev–Trinajstić information content (AvgIpc) is 2.54. The van der Waals surface area contributed by atoms with Gasteiger partial charge in [0.25, 0.3) is 11.7 Å². The number of benzene rings is 1. The van der Waals surface area contributed by atoms with Crippen LogP contribution in [0.5, 0.6) is 0 Å². The molecule has 1 amide bonds. The number of amides is 1. The third-order valence-corrected chi connectivity index (χ3v) is 3.32. The van der Waals surface area contributed by atoms with Crippen molar-refractivity contribution in [1.82, 2.24) is 0 Å². The maximum Gasteiger partial charge on any atom is 0.299 e. The van der Waals surface area contributed by atoms with Gasteiger partial charge in [-0.3, -0.25) is 9.59 Å². The van der Waals surface area contributed by atoms with Gasteiger partial charge in [0.15, 0.2) is 0 Å². The third-order valence-electron chi connectivity index (χ3n) is 2.83. The van der Waals surface area contributed by atoms with Crippen LogP contribution in [-0.2, 0) is 4.79 Å². The Kier molecular flexibility index (Phi) is 3.31. The number of ketones is 1. The molecule has 0 spiro atoms. The van der Waals surface area contributed by atoms with E-state index in [0.717, 1.165) is 4.47 Å². The van der Waals surface area contributed by atoms with Gasteiger partial charge in [-0.25, -0.2) is 0 Å². The number of carbonyl (C=O) groups excluding carboxylic acids is 2. The van der Waals surface area contributed by atoms with E-state index in [-0.39, 0.29) is 5.92 Å². The van der Waals surface area contributed by atoms with E-state index in [1.807, 2.05) is 13.0 Å². The van der Waals surface area contributed by atoms with Gasteiger partial charge in [-0.05, 0) is 30.7 Å². The summed E-state index contributed by atoms with van der Waals surface area (Å²) >= 11 is 3.29. The SMILES string of the molecule is CC(CN)CN1C(=O)C(=O)c2cc(Br)ccc21. The standard InChI is InChI=1S/C12H13BrN2O2/c1-7(5-14)6-15-10-3-2-8(13)4-9(10)11(16)12(15)17/h2-4,7H,5-6,14H2,1H3. The van der Waals surface area contributed by atoms with Crippen LogP contribution in [0, 0.1) is 5.92 Å².